The predicted molar refractivity (Wildman–Crippen MR) is 151 cm³/mol. The molecule has 36 heavy (non-hydrogen) atoms. The molecular formula is C31H32NO3P. The molecule has 0 saturated carbocycles. The highest BCUT2D eigenvalue weighted by molar-refractivity contribution is 7.53. The first kappa shape index (κ1) is 25.7. The first-order valence-electron chi connectivity index (χ1n) is 12.3. The highest BCUT2D eigenvalue weighted by Crippen LogP contribution is 2.51. The average molecular weight is 498 g/mol. The fraction of sp³-hybridized carbons (Fsp3) is 0.161. The molecular weight excluding hydrogens is 465 g/mol. The van der Waals surface area contributed by atoms with Crippen LogP contribution in [0.15, 0.2) is 109 Å². The molecule has 5 heteroatoms. The smallest absolute Gasteiger partial charge is 0.311 e. The highest BCUT2D eigenvalue weighted by Gasteiger charge is 2.23. The average Bonchev–Trinajstić information content (AvgIpc) is 2.90. The quantitative estimate of drug-likeness (QED) is 0.153. The molecule has 4 aromatic carbocycles. The Morgan fingerprint density at radius 1 is 0.639 bits per heavy atom. The van der Waals surface area contributed by atoms with Gasteiger partial charge in [0, 0.05) is 17.1 Å². The maximum Gasteiger partial charge on any atom is 0.335 e. The lowest BCUT2D eigenvalue weighted by atomic mass is 10.1. The van der Waals surface area contributed by atoms with Crippen molar-refractivity contribution in [2.75, 3.05) is 18.1 Å². The SMILES string of the molecule is CCOP(=O)(Cc1cccc(/C=C/c2ccc(N(c3ccccc3)c3ccccc3)cc2)c1)OCC. The van der Waals surface area contributed by atoms with Crippen molar-refractivity contribution >= 4 is 36.8 Å². The Kier molecular flexibility index (Phi) is 8.91. The standard InChI is InChI=1S/C31H32NO3P/c1-3-34-36(33,35-4-2)25-28-13-11-12-27(24-28)19-18-26-20-22-31(23-21-26)32(29-14-7-5-8-15-29)30-16-9-6-10-17-30/h5-24H,3-4,25H2,1-2H3/b19-18+. The molecule has 0 N–H and O–H groups in total. The van der Waals surface area contributed by atoms with Crippen molar-refractivity contribution in [3.05, 3.63) is 126 Å². The topological polar surface area (TPSA) is 38.8 Å². The zero-order chi connectivity index (χ0) is 25.2. The van der Waals surface area contributed by atoms with E-state index in [0.29, 0.717) is 13.2 Å². The van der Waals surface area contributed by atoms with Crippen LogP contribution in [0.2, 0.25) is 0 Å². The van der Waals surface area contributed by atoms with Crippen LogP contribution in [0.3, 0.4) is 0 Å². The Morgan fingerprint density at radius 3 is 1.72 bits per heavy atom. The third-order valence-corrected chi connectivity index (χ3v) is 7.68. The molecule has 0 bridgehead atoms. The first-order valence-corrected chi connectivity index (χ1v) is 14.0. The van der Waals surface area contributed by atoms with Crippen molar-refractivity contribution in [3.63, 3.8) is 0 Å². The van der Waals surface area contributed by atoms with Gasteiger partial charge in [-0.2, -0.15) is 0 Å². The molecule has 0 amide bonds. The monoisotopic (exact) mass is 497 g/mol. The predicted octanol–water partition coefficient (Wildman–Crippen LogP) is 9.09. The summed E-state index contributed by atoms with van der Waals surface area (Å²) in [6.45, 7) is 4.38. The molecule has 0 radical (unpaired) electrons. The first-order chi connectivity index (χ1) is 17.6. The van der Waals surface area contributed by atoms with Gasteiger partial charge in [-0.05, 0) is 66.9 Å². The molecule has 0 unspecified atom stereocenters. The fourth-order valence-corrected chi connectivity index (χ4v) is 5.76. The number of hydrogen-bond donors (Lipinski definition) is 0. The Hall–Kier alpha value is -3.43. The van der Waals surface area contributed by atoms with Crippen LogP contribution >= 0.6 is 7.60 Å². The summed E-state index contributed by atoms with van der Waals surface area (Å²) in [5.74, 6) is 0. The zero-order valence-corrected chi connectivity index (χ0v) is 21.7. The number of rotatable bonds is 11. The molecule has 0 heterocycles. The van der Waals surface area contributed by atoms with Gasteiger partial charge in [-0.3, -0.25) is 4.57 Å². The van der Waals surface area contributed by atoms with Gasteiger partial charge in [-0.1, -0.05) is 84.9 Å². The van der Waals surface area contributed by atoms with Gasteiger partial charge in [0.2, 0.25) is 0 Å². The van der Waals surface area contributed by atoms with Crippen molar-refractivity contribution in [2.24, 2.45) is 0 Å². The Labute approximate surface area is 214 Å². The summed E-state index contributed by atoms with van der Waals surface area (Å²) in [5.41, 5.74) is 6.37. The van der Waals surface area contributed by atoms with Gasteiger partial charge in [-0.15, -0.1) is 0 Å². The van der Waals surface area contributed by atoms with Crippen LogP contribution in [0.4, 0.5) is 17.1 Å². The van der Waals surface area contributed by atoms with Crippen molar-refractivity contribution in [3.8, 4) is 0 Å². The minimum Gasteiger partial charge on any atom is -0.311 e. The molecule has 0 saturated heterocycles. The van der Waals surface area contributed by atoms with Crippen LogP contribution in [0.1, 0.15) is 30.5 Å². The van der Waals surface area contributed by atoms with Gasteiger partial charge in [0.15, 0.2) is 0 Å². The molecule has 0 atom stereocenters. The van der Waals surface area contributed by atoms with E-state index in [-0.39, 0.29) is 6.16 Å². The Balaban J connectivity index is 1.52. The Bertz CT molecular complexity index is 1260. The second-order valence-corrected chi connectivity index (χ2v) is 10.3. The summed E-state index contributed by atoms with van der Waals surface area (Å²) in [5, 5.41) is 0. The van der Waals surface area contributed by atoms with E-state index in [9.17, 15) is 4.57 Å². The van der Waals surface area contributed by atoms with Gasteiger partial charge >= 0.3 is 7.60 Å². The third-order valence-electron chi connectivity index (χ3n) is 5.63. The van der Waals surface area contributed by atoms with Gasteiger partial charge in [0.05, 0.1) is 19.4 Å². The van der Waals surface area contributed by atoms with Crippen LogP contribution in [-0.4, -0.2) is 13.2 Å². The molecule has 184 valence electrons. The molecule has 0 spiro atoms. The minimum atomic E-state index is -3.13. The maximum absolute atomic E-state index is 12.9. The van der Waals surface area contributed by atoms with Gasteiger partial charge < -0.3 is 13.9 Å². The van der Waals surface area contributed by atoms with E-state index < -0.39 is 7.60 Å². The molecule has 0 aliphatic carbocycles. The maximum atomic E-state index is 12.9. The van der Waals surface area contributed by atoms with Crippen LogP contribution in [0.25, 0.3) is 12.2 Å². The second-order valence-electron chi connectivity index (χ2n) is 8.28. The van der Waals surface area contributed by atoms with Crippen molar-refractivity contribution in [1.82, 2.24) is 0 Å². The van der Waals surface area contributed by atoms with E-state index in [1.807, 2.05) is 50.2 Å². The van der Waals surface area contributed by atoms with E-state index in [1.54, 1.807) is 0 Å². The lowest BCUT2D eigenvalue weighted by Gasteiger charge is -2.25. The van der Waals surface area contributed by atoms with E-state index in [4.69, 9.17) is 9.05 Å². The summed E-state index contributed by atoms with van der Waals surface area (Å²) in [4.78, 5) is 2.24. The molecule has 4 rings (SSSR count). The molecule has 4 aromatic rings. The van der Waals surface area contributed by atoms with E-state index in [0.717, 1.165) is 33.8 Å². The van der Waals surface area contributed by atoms with Crippen LogP contribution < -0.4 is 4.90 Å². The molecule has 4 nitrogen and oxygen atoms in total. The zero-order valence-electron chi connectivity index (χ0n) is 20.8. The van der Waals surface area contributed by atoms with E-state index >= 15 is 0 Å². The summed E-state index contributed by atoms with van der Waals surface area (Å²) < 4.78 is 23.8. The normalized spacial score (nSPS) is 11.6. The van der Waals surface area contributed by atoms with Gasteiger partial charge in [0.25, 0.3) is 0 Å². The second kappa shape index (κ2) is 12.5. The van der Waals surface area contributed by atoms with E-state index in [1.165, 1.54) is 0 Å². The number of benzene rings is 4. The van der Waals surface area contributed by atoms with Crippen molar-refractivity contribution < 1.29 is 13.6 Å². The summed E-state index contributed by atoms with van der Waals surface area (Å²) in [6, 6.07) is 37.2. The lowest BCUT2D eigenvalue weighted by Crippen LogP contribution is -2.09. The van der Waals surface area contributed by atoms with E-state index in [2.05, 4.69) is 89.8 Å². The van der Waals surface area contributed by atoms with Crippen LogP contribution in [-0.2, 0) is 19.8 Å². The third kappa shape index (κ3) is 6.83. The van der Waals surface area contributed by atoms with Gasteiger partial charge in [0.1, 0.15) is 0 Å². The van der Waals surface area contributed by atoms with Crippen LogP contribution in [0, 0.1) is 0 Å². The summed E-state index contributed by atoms with van der Waals surface area (Å²) in [7, 11) is -3.13. The number of anilines is 3. The lowest BCUT2D eigenvalue weighted by molar-refractivity contribution is 0.219. The van der Waals surface area contributed by atoms with Crippen LogP contribution in [0.5, 0.6) is 0 Å². The molecule has 0 aliphatic heterocycles. The Morgan fingerprint density at radius 2 is 1.17 bits per heavy atom. The fourth-order valence-electron chi connectivity index (χ4n) is 4.07. The van der Waals surface area contributed by atoms with Crippen molar-refractivity contribution in [2.45, 2.75) is 20.0 Å². The number of para-hydroxylation sites is 2. The molecule has 0 aromatic heterocycles. The number of nitrogens with zero attached hydrogens (tertiary/aromatic N) is 1. The number of hydrogen-bond acceptors (Lipinski definition) is 4. The van der Waals surface area contributed by atoms with Gasteiger partial charge in [-0.25, -0.2) is 0 Å². The largest absolute Gasteiger partial charge is 0.335 e. The summed E-state index contributed by atoms with van der Waals surface area (Å²) >= 11 is 0. The minimum absolute atomic E-state index is 0.264. The highest BCUT2D eigenvalue weighted by atomic mass is 31.2. The van der Waals surface area contributed by atoms with Crippen molar-refractivity contribution in [1.29, 1.82) is 0 Å². The molecule has 0 aliphatic rings. The summed E-state index contributed by atoms with van der Waals surface area (Å²) in [6.07, 6.45) is 4.42. The molecule has 0 fully saturated rings.